The number of thioether (sulfide) groups is 1. The van der Waals surface area contributed by atoms with Crippen LogP contribution in [0.5, 0.6) is 0 Å². The van der Waals surface area contributed by atoms with E-state index in [1.165, 1.54) is 49.4 Å². The first-order valence-electron chi connectivity index (χ1n) is 14.7. The lowest BCUT2D eigenvalue weighted by molar-refractivity contribution is -0.138. The van der Waals surface area contributed by atoms with Gasteiger partial charge in [0, 0.05) is 12.2 Å². The Labute approximate surface area is 233 Å². The number of ketones is 1. The molecule has 0 radical (unpaired) electrons. The monoisotopic (exact) mass is 535 g/mol. The summed E-state index contributed by atoms with van der Waals surface area (Å²) in [5.41, 5.74) is 2.64. The minimum absolute atomic E-state index is 0.00892. The van der Waals surface area contributed by atoms with Crippen LogP contribution in [0.25, 0.3) is 0 Å². The van der Waals surface area contributed by atoms with Crippen LogP contribution in [0.3, 0.4) is 0 Å². The number of nitrogens with zero attached hydrogens (tertiary/aromatic N) is 1. The Kier molecular flexibility index (Phi) is 7.55. The maximum atomic E-state index is 12.3. The van der Waals surface area contributed by atoms with E-state index in [0.29, 0.717) is 22.9 Å². The van der Waals surface area contributed by atoms with E-state index < -0.39 is 0 Å². The van der Waals surface area contributed by atoms with E-state index >= 15 is 0 Å². The number of hydrogen-bond donors (Lipinski definition) is 2. The first kappa shape index (κ1) is 27.8. The van der Waals surface area contributed by atoms with Gasteiger partial charge in [-0.25, -0.2) is 4.99 Å². The van der Waals surface area contributed by atoms with Gasteiger partial charge in [0.2, 0.25) is 0 Å². The largest absolute Gasteiger partial charge is 0.505 e. The molecule has 0 amide bonds. The molecule has 5 aliphatic rings. The summed E-state index contributed by atoms with van der Waals surface area (Å²) in [6.07, 6.45) is 22.0. The second kappa shape index (κ2) is 10.3. The third-order valence-corrected chi connectivity index (χ3v) is 12.1. The van der Waals surface area contributed by atoms with Crippen molar-refractivity contribution >= 4 is 22.6 Å². The zero-order valence-corrected chi connectivity index (χ0v) is 24.4. The second-order valence-corrected chi connectivity index (χ2v) is 14.7. The lowest BCUT2D eigenvalue weighted by Crippen LogP contribution is -2.57. The van der Waals surface area contributed by atoms with Crippen molar-refractivity contribution in [2.24, 2.45) is 44.9 Å². The van der Waals surface area contributed by atoms with E-state index in [4.69, 9.17) is 6.42 Å². The summed E-state index contributed by atoms with van der Waals surface area (Å²) in [6.45, 7) is 8.75. The SMILES string of the molecule is C#C/C(N=C(C)SCC(O)C1CCC2C3CCC4=CC(=O)CCC4(C)C3C3(CC3)CC2(C)C1)=C(O)\C=C/C. The molecule has 0 aromatic rings. The van der Waals surface area contributed by atoms with Crippen LogP contribution in [0.1, 0.15) is 91.9 Å². The molecule has 206 valence electrons. The Morgan fingerprint density at radius 1 is 1.26 bits per heavy atom. The van der Waals surface area contributed by atoms with Gasteiger partial charge in [0.1, 0.15) is 5.76 Å². The number of fused-ring (bicyclic) bond motifs is 6. The number of terminal acetylenes is 1. The fraction of sp³-hybridized carbons (Fsp3) is 0.697. The topological polar surface area (TPSA) is 69.9 Å². The van der Waals surface area contributed by atoms with Gasteiger partial charge in [0.05, 0.1) is 11.1 Å². The molecule has 4 fully saturated rings. The van der Waals surface area contributed by atoms with Crippen molar-refractivity contribution in [1.29, 1.82) is 0 Å². The normalized spacial score (nSPS) is 39.4. The van der Waals surface area contributed by atoms with E-state index in [1.54, 1.807) is 12.2 Å². The summed E-state index contributed by atoms with van der Waals surface area (Å²) in [5, 5.41) is 22.1. The molecule has 5 rings (SSSR count). The van der Waals surface area contributed by atoms with Gasteiger partial charge in [-0.1, -0.05) is 25.5 Å². The van der Waals surface area contributed by atoms with E-state index in [0.717, 1.165) is 54.9 Å². The highest BCUT2D eigenvalue weighted by Crippen LogP contribution is 2.76. The van der Waals surface area contributed by atoms with Gasteiger partial charge in [0.25, 0.3) is 0 Å². The van der Waals surface area contributed by atoms with Gasteiger partial charge >= 0.3 is 0 Å². The van der Waals surface area contributed by atoms with Crippen molar-refractivity contribution in [3.8, 4) is 12.3 Å². The van der Waals surface area contributed by atoms with E-state index in [2.05, 4.69) is 24.8 Å². The molecule has 0 heterocycles. The molecular weight excluding hydrogens is 490 g/mol. The van der Waals surface area contributed by atoms with Crippen molar-refractivity contribution in [2.45, 2.75) is 98.0 Å². The quantitative estimate of drug-likeness (QED) is 0.126. The van der Waals surface area contributed by atoms with Crippen LogP contribution in [0, 0.1) is 52.3 Å². The van der Waals surface area contributed by atoms with Crippen LogP contribution in [0.15, 0.2) is 40.2 Å². The highest BCUT2D eigenvalue weighted by molar-refractivity contribution is 8.13. The summed E-state index contributed by atoms with van der Waals surface area (Å²) in [7, 11) is 0. The van der Waals surface area contributed by atoms with Gasteiger partial charge in [-0.2, -0.15) is 0 Å². The Hall–Kier alpha value is -1.77. The van der Waals surface area contributed by atoms with Crippen LogP contribution in [-0.4, -0.2) is 32.9 Å². The van der Waals surface area contributed by atoms with E-state index in [1.807, 2.05) is 19.9 Å². The van der Waals surface area contributed by atoms with Crippen molar-refractivity contribution < 1.29 is 15.0 Å². The number of hydrogen-bond acceptors (Lipinski definition) is 5. The highest BCUT2D eigenvalue weighted by atomic mass is 32.2. The van der Waals surface area contributed by atoms with Crippen LogP contribution in [-0.2, 0) is 4.79 Å². The third-order valence-electron chi connectivity index (χ3n) is 11.1. The van der Waals surface area contributed by atoms with Crippen LogP contribution in [0.4, 0.5) is 0 Å². The molecule has 5 heteroatoms. The minimum Gasteiger partial charge on any atom is -0.505 e. The predicted octanol–water partition coefficient (Wildman–Crippen LogP) is 7.41. The van der Waals surface area contributed by atoms with Gasteiger partial charge in [-0.05, 0) is 130 Å². The smallest absolute Gasteiger partial charge is 0.155 e. The average molecular weight is 536 g/mol. The standard InChI is InChI=1S/C33H45NO3S/c1-6-8-28(36)27(7-2)34-21(3)38-19-29(37)22-9-12-26-25-11-10-23-17-24(35)13-14-32(23,5)30(25)33(15-16-33)20-31(26,4)18-22/h2,6,8,17,22,25-26,29-30,36-37H,9-16,18-20H2,1,3-5H3/b8-6-,28-27-,34-21?. The number of carbonyl (C=O) groups is 1. The molecule has 0 bridgehead atoms. The molecule has 38 heavy (non-hydrogen) atoms. The summed E-state index contributed by atoms with van der Waals surface area (Å²) in [6, 6.07) is 0. The molecule has 5 aliphatic carbocycles. The molecule has 1 spiro atoms. The number of rotatable bonds is 5. The molecular formula is C33H45NO3S. The second-order valence-electron chi connectivity index (χ2n) is 13.5. The fourth-order valence-corrected chi connectivity index (χ4v) is 10.4. The van der Waals surface area contributed by atoms with Gasteiger partial charge in [-0.3, -0.25) is 4.79 Å². The molecule has 2 N–H and O–H groups in total. The molecule has 0 saturated heterocycles. The first-order valence-corrected chi connectivity index (χ1v) is 15.7. The molecule has 4 nitrogen and oxygen atoms in total. The number of allylic oxidation sites excluding steroid dienone is 5. The van der Waals surface area contributed by atoms with Crippen molar-refractivity contribution in [1.82, 2.24) is 0 Å². The number of aliphatic hydroxyl groups excluding tert-OH is 2. The Morgan fingerprint density at radius 2 is 2.03 bits per heavy atom. The molecule has 0 aromatic heterocycles. The Morgan fingerprint density at radius 3 is 2.71 bits per heavy atom. The molecule has 4 saturated carbocycles. The van der Waals surface area contributed by atoms with E-state index in [9.17, 15) is 15.0 Å². The predicted molar refractivity (Wildman–Crippen MR) is 157 cm³/mol. The lowest BCUT2D eigenvalue weighted by Gasteiger charge is -2.64. The molecule has 7 atom stereocenters. The minimum atomic E-state index is -0.374. The molecule has 0 aliphatic heterocycles. The number of carbonyl (C=O) groups excluding carboxylic acids is 1. The summed E-state index contributed by atoms with van der Waals surface area (Å²) >= 11 is 1.53. The van der Waals surface area contributed by atoms with Crippen molar-refractivity contribution in [2.75, 3.05) is 5.75 Å². The van der Waals surface area contributed by atoms with Crippen LogP contribution < -0.4 is 0 Å². The number of aliphatic hydroxyl groups is 2. The molecule has 0 aromatic carbocycles. The number of aliphatic imine (C=N–C) groups is 1. The van der Waals surface area contributed by atoms with Crippen molar-refractivity contribution in [3.63, 3.8) is 0 Å². The highest BCUT2D eigenvalue weighted by Gasteiger charge is 2.68. The Balaban J connectivity index is 1.28. The Bertz CT molecular complexity index is 1140. The summed E-state index contributed by atoms with van der Waals surface area (Å²) in [5.74, 6) is 5.92. The lowest BCUT2D eigenvalue weighted by atomic mass is 9.40. The van der Waals surface area contributed by atoms with Crippen LogP contribution >= 0.6 is 11.8 Å². The van der Waals surface area contributed by atoms with Crippen LogP contribution in [0.2, 0.25) is 0 Å². The van der Waals surface area contributed by atoms with E-state index in [-0.39, 0.29) is 28.4 Å². The molecule has 7 unspecified atom stereocenters. The zero-order chi connectivity index (χ0) is 27.3. The van der Waals surface area contributed by atoms with Gasteiger partial charge < -0.3 is 10.2 Å². The summed E-state index contributed by atoms with van der Waals surface area (Å²) < 4.78 is 0. The average Bonchev–Trinajstić information content (AvgIpc) is 3.63. The summed E-state index contributed by atoms with van der Waals surface area (Å²) in [4.78, 5) is 16.7. The fourth-order valence-electron chi connectivity index (χ4n) is 9.56. The van der Waals surface area contributed by atoms with Gasteiger partial charge in [0.15, 0.2) is 11.5 Å². The van der Waals surface area contributed by atoms with Crippen molar-refractivity contribution in [3.05, 3.63) is 35.3 Å². The zero-order valence-electron chi connectivity index (χ0n) is 23.6. The first-order chi connectivity index (χ1) is 18.0. The third kappa shape index (κ3) is 4.86. The maximum absolute atomic E-state index is 12.3. The van der Waals surface area contributed by atoms with Gasteiger partial charge in [-0.15, -0.1) is 18.2 Å². The maximum Gasteiger partial charge on any atom is 0.155 e.